The number of hydrogen-bond donors (Lipinski definition) is 0. The lowest BCUT2D eigenvalue weighted by molar-refractivity contribution is -0.141. The molecule has 2 aromatic rings. The molecule has 0 fully saturated rings. The van der Waals surface area contributed by atoms with Gasteiger partial charge in [0.1, 0.15) is 6.54 Å². The Morgan fingerprint density at radius 3 is 2.75 bits per heavy atom. The first-order valence-electron chi connectivity index (χ1n) is 4.94. The van der Waals surface area contributed by atoms with Crippen LogP contribution in [0.3, 0.4) is 0 Å². The van der Waals surface area contributed by atoms with Crippen LogP contribution < -0.4 is 0 Å². The molecule has 2 rings (SSSR count). The summed E-state index contributed by atoms with van der Waals surface area (Å²) in [6, 6.07) is 9.89. The van der Waals surface area contributed by atoms with Gasteiger partial charge >= 0.3 is 5.97 Å². The van der Waals surface area contributed by atoms with Gasteiger partial charge in [-0.1, -0.05) is 30.3 Å². The zero-order chi connectivity index (χ0) is 11.4. The molecule has 0 aliphatic carbocycles. The summed E-state index contributed by atoms with van der Waals surface area (Å²) in [6.45, 7) is 0.142. The van der Waals surface area contributed by atoms with Crippen LogP contribution in [0, 0.1) is 0 Å². The van der Waals surface area contributed by atoms with Gasteiger partial charge in [0.2, 0.25) is 0 Å². The smallest absolute Gasteiger partial charge is 0.327 e. The van der Waals surface area contributed by atoms with Crippen LogP contribution in [-0.4, -0.2) is 22.9 Å². The lowest BCUT2D eigenvalue weighted by Gasteiger charge is -1.98. The van der Waals surface area contributed by atoms with Gasteiger partial charge in [-0.2, -0.15) is 5.10 Å². The first-order valence-corrected chi connectivity index (χ1v) is 4.94. The molecule has 0 N–H and O–H groups in total. The molecule has 4 heteroatoms. The Hall–Kier alpha value is -2.10. The van der Waals surface area contributed by atoms with Crippen molar-refractivity contribution in [1.29, 1.82) is 0 Å². The molecule has 16 heavy (non-hydrogen) atoms. The van der Waals surface area contributed by atoms with E-state index in [0.717, 1.165) is 11.1 Å². The van der Waals surface area contributed by atoms with Crippen molar-refractivity contribution in [3.05, 3.63) is 42.7 Å². The molecule has 0 aliphatic rings. The van der Waals surface area contributed by atoms with Crippen LogP contribution in [0.2, 0.25) is 0 Å². The summed E-state index contributed by atoms with van der Waals surface area (Å²) in [5.74, 6) is -0.303. The maximum absolute atomic E-state index is 11.0. The minimum Gasteiger partial charge on any atom is -0.468 e. The summed E-state index contributed by atoms with van der Waals surface area (Å²) < 4.78 is 6.13. The van der Waals surface area contributed by atoms with Crippen LogP contribution in [0.15, 0.2) is 42.7 Å². The summed E-state index contributed by atoms with van der Waals surface area (Å²) >= 11 is 0. The highest BCUT2D eigenvalue weighted by molar-refractivity contribution is 5.69. The quantitative estimate of drug-likeness (QED) is 0.734. The molecule has 0 unspecified atom stereocenters. The predicted molar refractivity (Wildman–Crippen MR) is 59.7 cm³/mol. The maximum Gasteiger partial charge on any atom is 0.327 e. The van der Waals surface area contributed by atoms with Gasteiger partial charge < -0.3 is 4.74 Å². The van der Waals surface area contributed by atoms with Crippen LogP contribution in [0.1, 0.15) is 0 Å². The third-order valence-electron chi connectivity index (χ3n) is 2.26. The average Bonchev–Trinajstić information content (AvgIpc) is 2.78. The van der Waals surface area contributed by atoms with E-state index < -0.39 is 0 Å². The molecule has 0 amide bonds. The Labute approximate surface area is 93.5 Å². The minimum atomic E-state index is -0.303. The topological polar surface area (TPSA) is 44.1 Å². The Kier molecular flexibility index (Phi) is 3.00. The first-order chi connectivity index (χ1) is 7.79. The molecule has 0 spiro atoms. The molecular formula is C12H12N2O2. The summed E-state index contributed by atoms with van der Waals surface area (Å²) in [4.78, 5) is 11.0. The molecule has 0 aliphatic heterocycles. The minimum absolute atomic E-state index is 0.142. The fraction of sp³-hybridized carbons (Fsp3) is 0.167. The zero-order valence-electron chi connectivity index (χ0n) is 8.96. The third kappa shape index (κ3) is 2.28. The zero-order valence-corrected chi connectivity index (χ0v) is 8.96. The van der Waals surface area contributed by atoms with Crippen molar-refractivity contribution in [1.82, 2.24) is 9.78 Å². The molecule has 0 atom stereocenters. The molecule has 0 bridgehead atoms. The number of esters is 1. The van der Waals surface area contributed by atoms with E-state index in [0.29, 0.717) is 0 Å². The number of aromatic nitrogens is 2. The van der Waals surface area contributed by atoms with Gasteiger partial charge in [-0.05, 0) is 5.56 Å². The average molecular weight is 216 g/mol. The standard InChI is InChI=1S/C12H12N2O2/c1-16-12(15)9-14-8-11(7-13-14)10-5-3-2-4-6-10/h2-8H,9H2,1H3. The second kappa shape index (κ2) is 4.61. The Balaban J connectivity index is 2.17. The van der Waals surface area contributed by atoms with E-state index in [-0.39, 0.29) is 12.5 Å². The fourth-order valence-electron chi connectivity index (χ4n) is 1.43. The van der Waals surface area contributed by atoms with Crippen LogP contribution in [0.25, 0.3) is 11.1 Å². The van der Waals surface area contributed by atoms with E-state index in [2.05, 4.69) is 9.84 Å². The highest BCUT2D eigenvalue weighted by Gasteiger charge is 2.05. The molecule has 1 aromatic heterocycles. The second-order valence-electron chi connectivity index (χ2n) is 3.37. The number of nitrogens with zero attached hydrogens (tertiary/aromatic N) is 2. The Morgan fingerprint density at radius 2 is 2.06 bits per heavy atom. The summed E-state index contributed by atoms with van der Waals surface area (Å²) in [6.07, 6.45) is 3.56. The van der Waals surface area contributed by atoms with Crippen LogP contribution >= 0.6 is 0 Å². The van der Waals surface area contributed by atoms with Gasteiger partial charge in [0.15, 0.2) is 0 Å². The van der Waals surface area contributed by atoms with Crippen LogP contribution in [-0.2, 0) is 16.1 Å². The lowest BCUT2D eigenvalue weighted by Crippen LogP contribution is -2.11. The van der Waals surface area contributed by atoms with Crippen molar-refractivity contribution in [3.63, 3.8) is 0 Å². The van der Waals surface area contributed by atoms with Crippen molar-refractivity contribution in [2.24, 2.45) is 0 Å². The van der Waals surface area contributed by atoms with Crippen molar-refractivity contribution in [2.75, 3.05) is 7.11 Å². The van der Waals surface area contributed by atoms with Gasteiger partial charge in [0.25, 0.3) is 0 Å². The van der Waals surface area contributed by atoms with E-state index in [4.69, 9.17) is 0 Å². The van der Waals surface area contributed by atoms with Crippen molar-refractivity contribution >= 4 is 5.97 Å². The Bertz CT molecular complexity index is 477. The van der Waals surface area contributed by atoms with E-state index in [1.54, 1.807) is 10.9 Å². The monoisotopic (exact) mass is 216 g/mol. The van der Waals surface area contributed by atoms with Gasteiger partial charge in [-0.15, -0.1) is 0 Å². The van der Waals surface area contributed by atoms with Gasteiger partial charge in [0, 0.05) is 11.8 Å². The molecule has 4 nitrogen and oxygen atoms in total. The van der Waals surface area contributed by atoms with Gasteiger partial charge in [-0.3, -0.25) is 9.48 Å². The highest BCUT2D eigenvalue weighted by Crippen LogP contribution is 2.17. The molecule has 0 radical (unpaired) electrons. The van der Waals surface area contributed by atoms with E-state index in [9.17, 15) is 4.79 Å². The highest BCUT2D eigenvalue weighted by atomic mass is 16.5. The molecule has 0 saturated heterocycles. The van der Waals surface area contributed by atoms with Crippen molar-refractivity contribution < 1.29 is 9.53 Å². The first kappa shape index (κ1) is 10.4. The maximum atomic E-state index is 11.0. The third-order valence-corrected chi connectivity index (χ3v) is 2.26. The number of benzene rings is 1. The van der Waals surface area contributed by atoms with Crippen molar-refractivity contribution in [3.8, 4) is 11.1 Å². The number of hydrogen-bond acceptors (Lipinski definition) is 3. The summed E-state index contributed by atoms with van der Waals surface area (Å²) in [7, 11) is 1.37. The Morgan fingerprint density at radius 1 is 1.31 bits per heavy atom. The van der Waals surface area contributed by atoms with E-state index in [1.807, 2.05) is 36.5 Å². The van der Waals surface area contributed by atoms with E-state index >= 15 is 0 Å². The van der Waals surface area contributed by atoms with Gasteiger partial charge in [-0.25, -0.2) is 0 Å². The number of rotatable bonds is 3. The summed E-state index contributed by atoms with van der Waals surface area (Å²) in [5.41, 5.74) is 2.07. The van der Waals surface area contributed by atoms with Crippen molar-refractivity contribution in [2.45, 2.75) is 6.54 Å². The number of methoxy groups -OCH3 is 1. The van der Waals surface area contributed by atoms with Gasteiger partial charge in [0.05, 0.1) is 13.3 Å². The fourth-order valence-corrected chi connectivity index (χ4v) is 1.43. The van der Waals surface area contributed by atoms with Crippen LogP contribution in [0.4, 0.5) is 0 Å². The lowest BCUT2D eigenvalue weighted by atomic mass is 10.1. The molecular weight excluding hydrogens is 204 g/mol. The van der Waals surface area contributed by atoms with Crippen LogP contribution in [0.5, 0.6) is 0 Å². The molecule has 1 heterocycles. The number of ether oxygens (including phenoxy) is 1. The number of carbonyl (C=O) groups excluding carboxylic acids is 1. The van der Waals surface area contributed by atoms with E-state index in [1.165, 1.54) is 7.11 Å². The molecule has 1 aromatic carbocycles. The molecule has 0 saturated carbocycles. The number of carbonyl (C=O) groups is 1. The largest absolute Gasteiger partial charge is 0.468 e. The predicted octanol–water partition coefficient (Wildman–Crippen LogP) is 1.72. The molecule has 82 valence electrons. The normalized spacial score (nSPS) is 10.1. The SMILES string of the molecule is COC(=O)Cn1cc(-c2ccccc2)cn1. The second-order valence-corrected chi connectivity index (χ2v) is 3.37. The summed E-state index contributed by atoms with van der Waals surface area (Å²) in [5, 5.41) is 4.10.